The number of amides is 2. The third kappa shape index (κ3) is 5.99. The van der Waals surface area contributed by atoms with Gasteiger partial charge in [0.2, 0.25) is 0 Å². The molecule has 2 aromatic carbocycles. The Morgan fingerprint density at radius 3 is 2.59 bits per heavy atom. The van der Waals surface area contributed by atoms with Gasteiger partial charge in [0.1, 0.15) is 12.6 Å². The van der Waals surface area contributed by atoms with Gasteiger partial charge in [0.05, 0.1) is 22.2 Å². The van der Waals surface area contributed by atoms with Gasteiger partial charge < -0.3 is 14.2 Å². The Balaban J connectivity index is 1.87. The van der Waals surface area contributed by atoms with Crippen LogP contribution in [0.5, 0.6) is 11.5 Å². The van der Waals surface area contributed by atoms with Crippen molar-refractivity contribution in [3.8, 4) is 11.5 Å². The number of hydrogen-bond acceptors (Lipinski definition) is 7. The molecule has 0 saturated carbocycles. The molecule has 1 atom stereocenters. The van der Waals surface area contributed by atoms with Crippen LogP contribution in [0.4, 0.5) is 4.79 Å². The summed E-state index contributed by atoms with van der Waals surface area (Å²) in [5.41, 5.74) is 1.41. The lowest BCUT2D eigenvalue weighted by Crippen LogP contribution is -2.42. The molecule has 0 spiro atoms. The van der Waals surface area contributed by atoms with E-state index in [2.05, 4.69) is 27.3 Å². The molecule has 0 bridgehead atoms. The molecular formula is C23H20Cl2INO6S. The largest absolute Gasteiger partial charge is 0.490 e. The van der Waals surface area contributed by atoms with Crippen molar-refractivity contribution in [2.45, 2.75) is 26.5 Å². The zero-order valence-corrected chi connectivity index (χ0v) is 22.9. The van der Waals surface area contributed by atoms with Crippen LogP contribution in [-0.2, 0) is 20.9 Å². The summed E-state index contributed by atoms with van der Waals surface area (Å²) in [6, 6.07) is 7.68. The molecule has 2 aromatic rings. The average Bonchev–Trinajstić information content (AvgIpc) is 3.06. The highest BCUT2D eigenvalue weighted by Crippen LogP contribution is 2.38. The van der Waals surface area contributed by atoms with Gasteiger partial charge in [-0.15, -0.1) is 0 Å². The molecule has 1 aliphatic heterocycles. The van der Waals surface area contributed by atoms with E-state index in [1.54, 1.807) is 36.4 Å². The van der Waals surface area contributed by atoms with Crippen molar-refractivity contribution in [2.24, 2.45) is 0 Å². The fourth-order valence-electron chi connectivity index (χ4n) is 3.10. The first-order chi connectivity index (χ1) is 16.2. The van der Waals surface area contributed by atoms with E-state index < -0.39 is 23.2 Å². The lowest BCUT2D eigenvalue weighted by atomic mass is 10.1. The third-order valence-corrected chi connectivity index (χ3v) is 7.04. The molecule has 0 N–H and O–H groups in total. The first-order valence-electron chi connectivity index (χ1n) is 10.0. The first-order valence-corrected chi connectivity index (χ1v) is 12.7. The number of esters is 1. The minimum atomic E-state index is -1.02. The molecule has 2 amide bonds. The van der Waals surface area contributed by atoms with Gasteiger partial charge >= 0.3 is 5.97 Å². The van der Waals surface area contributed by atoms with E-state index in [9.17, 15) is 14.4 Å². The number of hydrogen-bond donors (Lipinski definition) is 0. The van der Waals surface area contributed by atoms with Crippen molar-refractivity contribution in [3.05, 3.63) is 60.0 Å². The highest BCUT2D eigenvalue weighted by molar-refractivity contribution is 14.1. The summed E-state index contributed by atoms with van der Waals surface area (Å²) < 4.78 is 17.2. The Kier molecular flexibility index (Phi) is 9.14. The quantitative estimate of drug-likeness (QED) is 0.195. The SMILES string of the molecule is CCOc1cc(/C=C2/SC(=O)N([C@H](C)C(=O)OC)C2=O)cc(I)c1OCc1ccc(Cl)cc1Cl. The van der Waals surface area contributed by atoms with Crippen molar-refractivity contribution in [1.82, 2.24) is 4.90 Å². The van der Waals surface area contributed by atoms with E-state index in [0.29, 0.717) is 33.7 Å². The second-order valence-corrected chi connectivity index (χ2v) is 10.0. The number of benzene rings is 2. The summed E-state index contributed by atoms with van der Waals surface area (Å²) in [4.78, 5) is 38.0. The molecule has 180 valence electrons. The number of thioether (sulfide) groups is 1. The second kappa shape index (κ2) is 11.7. The molecular weight excluding hydrogens is 616 g/mol. The summed E-state index contributed by atoms with van der Waals surface area (Å²) in [7, 11) is 1.20. The minimum absolute atomic E-state index is 0.195. The third-order valence-electron chi connectivity index (χ3n) is 4.77. The Hall–Kier alpha value is -1.95. The average molecular weight is 636 g/mol. The van der Waals surface area contributed by atoms with Gasteiger partial charge in [-0.1, -0.05) is 29.3 Å². The molecule has 1 fully saturated rings. The molecule has 34 heavy (non-hydrogen) atoms. The van der Waals surface area contributed by atoms with E-state index in [4.69, 9.17) is 32.7 Å². The molecule has 7 nitrogen and oxygen atoms in total. The van der Waals surface area contributed by atoms with Crippen LogP contribution in [0.15, 0.2) is 35.2 Å². The predicted octanol–water partition coefficient (Wildman–Crippen LogP) is 6.17. The van der Waals surface area contributed by atoms with Crippen LogP contribution >= 0.6 is 57.6 Å². The molecule has 3 rings (SSSR count). The predicted molar refractivity (Wildman–Crippen MR) is 140 cm³/mol. The lowest BCUT2D eigenvalue weighted by Gasteiger charge is -2.18. The Labute approximate surface area is 224 Å². The van der Waals surface area contributed by atoms with E-state index in [1.807, 2.05) is 6.92 Å². The fourth-order valence-corrected chi connectivity index (χ4v) is 5.26. The standard InChI is InChI=1S/C23H20Cl2INO6S/c1-4-32-18-8-13(9-19-21(28)27(23(30)34-19)12(2)22(29)31-3)7-17(26)20(18)33-11-14-5-6-15(24)10-16(14)25/h5-10,12H,4,11H2,1-3H3/b19-9+/t12-/m1/s1. The Morgan fingerprint density at radius 2 is 1.94 bits per heavy atom. The lowest BCUT2D eigenvalue weighted by molar-refractivity contribution is -0.148. The number of halogens is 3. The first kappa shape index (κ1) is 26.7. The topological polar surface area (TPSA) is 82.1 Å². The zero-order chi connectivity index (χ0) is 25.0. The van der Waals surface area contributed by atoms with Crippen LogP contribution in [-0.4, -0.2) is 41.8 Å². The number of methoxy groups -OCH3 is 1. The smallest absolute Gasteiger partial charge is 0.328 e. The van der Waals surface area contributed by atoms with Gasteiger partial charge in [-0.2, -0.15) is 0 Å². The fraction of sp³-hybridized carbons (Fsp3) is 0.261. The summed E-state index contributed by atoms with van der Waals surface area (Å²) in [6.07, 6.45) is 1.58. The van der Waals surface area contributed by atoms with Crippen molar-refractivity contribution in [2.75, 3.05) is 13.7 Å². The number of imide groups is 1. The van der Waals surface area contributed by atoms with Gasteiger partial charge in [0.15, 0.2) is 11.5 Å². The van der Waals surface area contributed by atoms with Crippen molar-refractivity contribution in [1.29, 1.82) is 0 Å². The number of nitrogens with zero attached hydrogens (tertiary/aromatic N) is 1. The molecule has 0 aliphatic carbocycles. The van der Waals surface area contributed by atoms with Gasteiger partial charge in [-0.3, -0.25) is 14.5 Å². The maximum atomic E-state index is 12.8. The molecule has 0 unspecified atom stereocenters. The van der Waals surface area contributed by atoms with E-state index in [-0.39, 0.29) is 11.5 Å². The van der Waals surface area contributed by atoms with Gasteiger partial charge in [0, 0.05) is 15.6 Å². The molecule has 0 radical (unpaired) electrons. The number of ether oxygens (including phenoxy) is 3. The van der Waals surface area contributed by atoms with Crippen LogP contribution in [0.1, 0.15) is 25.0 Å². The van der Waals surface area contributed by atoms with Crippen molar-refractivity contribution >= 4 is 80.7 Å². The van der Waals surface area contributed by atoms with Crippen LogP contribution in [0.3, 0.4) is 0 Å². The Morgan fingerprint density at radius 1 is 1.21 bits per heavy atom. The number of carbonyl (C=O) groups excluding carboxylic acids is 3. The summed E-state index contributed by atoms with van der Waals surface area (Å²) in [5.74, 6) is -0.219. The van der Waals surface area contributed by atoms with E-state index in [1.165, 1.54) is 14.0 Å². The van der Waals surface area contributed by atoms with Crippen molar-refractivity contribution in [3.63, 3.8) is 0 Å². The zero-order valence-electron chi connectivity index (χ0n) is 18.4. The minimum Gasteiger partial charge on any atom is -0.490 e. The number of rotatable bonds is 8. The van der Waals surface area contributed by atoms with Crippen molar-refractivity contribution < 1.29 is 28.6 Å². The molecule has 1 saturated heterocycles. The van der Waals surface area contributed by atoms with Crippen LogP contribution in [0.25, 0.3) is 6.08 Å². The summed E-state index contributed by atoms with van der Waals surface area (Å²) in [5, 5.41) is 0.496. The van der Waals surface area contributed by atoms with E-state index in [0.717, 1.165) is 25.8 Å². The monoisotopic (exact) mass is 635 g/mol. The number of carbonyl (C=O) groups is 3. The normalized spacial score (nSPS) is 15.6. The van der Waals surface area contributed by atoms with Gasteiger partial charge in [-0.05, 0) is 84.1 Å². The van der Waals surface area contributed by atoms with Gasteiger partial charge in [0.25, 0.3) is 11.1 Å². The molecule has 11 heteroatoms. The summed E-state index contributed by atoms with van der Waals surface area (Å²) in [6.45, 7) is 3.89. The molecule has 1 aliphatic rings. The van der Waals surface area contributed by atoms with Gasteiger partial charge in [-0.25, -0.2) is 4.79 Å². The maximum absolute atomic E-state index is 12.8. The maximum Gasteiger partial charge on any atom is 0.328 e. The highest BCUT2D eigenvalue weighted by atomic mass is 127. The van der Waals surface area contributed by atoms with Crippen LogP contribution < -0.4 is 9.47 Å². The van der Waals surface area contributed by atoms with Crippen LogP contribution in [0.2, 0.25) is 10.0 Å². The van der Waals surface area contributed by atoms with E-state index >= 15 is 0 Å². The van der Waals surface area contributed by atoms with Crippen LogP contribution in [0, 0.1) is 3.57 Å². The Bertz CT molecular complexity index is 1170. The summed E-state index contributed by atoms with van der Waals surface area (Å²) >= 11 is 15.1. The second-order valence-electron chi connectivity index (χ2n) is 7.04. The highest BCUT2D eigenvalue weighted by Gasteiger charge is 2.41. The molecule has 0 aromatic heterocycles. The molecule has 1 heterocycles.